The number of esters is 1. The third-order valence-electron chi connectivity index (χ3n) is 4.67. The van der Waals surface area contributed by atoms with E-state index in [1.807, 2.05) is 0 Å². The molecule has 0 aromatic heterocycles. The third kappa shape index (κ3) is 2.79. The first kappa shape index (κ1) is 15.5. The highest BCUT2D eigenvalue weighted by Gasteiger charge is 2.33. The van der Waals surface area contributed by atoms with Crippen LogP contribution in [0.4, 0.5) is 0 Å². The Kier molecular flexibility index (Phi) is 4.03. The SMILES string of the molecule is CC1CC=CCC1COC(=O)c1ccc2c(c1)C(=O)N(C)C2=O. The highest BCUT2D eigenvalue weighted by Crippen LogP contribution is 2.26. The molecule has 2 aliphatic rings. The fraction of sp³-hybridized carbons (Fsp3) is 0.389. The quantitative estimate of drug-likeness (QED) is 0.489. The van der Waals surface area contributed by atoms with Crippen LogP contribution in [0.25, 0.3) is 0 Å². The standard InChI is InChI=1S/C18H19NO4/c1-11-5-3-4-6-13(11)10-23-18(22)12-7-8-14-15(9-12)17(21)19(2)16(14)20/h3-4,7-9,11,13H,5-6,10H2,1-2H3. The molecule has 2 unspecified atom stereocenters. The average Bonchev–Trinajstić information content (AvgIpc) is 2.78. The lowest BCUT2D eigenvalue weighted by atomic mass is 9.85. The number of nitrogens with zero attached hydrogens (tertiary/aromatic N) is 1. The Balaban J connectivity index is 1.71. The van der Waals surface area contributed by atoms with E-state index in [2.05, 4.69) is 19.1 Å². The van der Waals surface area contributed by atoms with E-state index in [0.29, 0.717) is 29.6 Å². The highest BCUT2D eigenvalue weighted by atomic mass is 16.5. The number of carbonyl (C=O) groups is 3. The van der Waals surface area contributed by atoms with Crippen LogP contribution in [0.15, 0.2) is 30.4 Å². The van der Waals surface area contributed by atoms with E-state index in [-0.39, 0.29) is 17.4 Å². The second kappa shape index (κ2) is 5.99. The lowest BCUT2D eigenvalue weighted by Crippen LogP contribution is -2.24. The fourth-order valence-corrected chi connectivity index (χ4v) is 2.99. The summed E-state index contributed by atoms with van der Waals surface area (Å²) in [5.74, 6) is -0.365. The van der Waals surface area contributed by atoms with Gasteiger partial charge in [-0.2, -0.15) is 0 Å². The molecule has 0 saturated heterocycles. The van der Waals surface area contributed by atoms with Crippen LogP contribution in [0.2, 0.25) is 0 Å². The molecule has 1 aliphatic heterocycles. The number of allylic oxidation sites excluding steroid dienone is 2. The van der Waals surface area contributed by atoms with Crippen LogP contribution >= 0.6 is 0 Å². The Morgan fingerprint density at radius 3 is 2.61 bits per heavy atom. The van der Waals surface area contributed by atoms with Crippen molar-refractivity contribution in [2.75, 3.05) is 13.7 Å². The molecule has 0 spiro atoms. The van der Waals surface area contributed by atoms with Crippen molar-refractivity contribution >= 4 is 17.8 Å². The number of imide groups is 1. The number of benzene rings is 1. The van der Waals surface area contributed by atoms with Gasteiger partial charge >= 0.3 is 5.97 Å². The normalized spacial score (nSPS) is 23.1. The summed E-state index contributed by atoms with van der Waals surface area (Å²) in [5, 5.41) is 0. The minimum Gasteiger partial charge on any atom is -0.462 e. The molecular weight excluding hydrogens is 294 g/mol. The van der Waals surface area contributed by atoms with Gasteiger partial charge in [-0.15, -0.1) is 0 Å². The van der Waals surface area contributed by atoms with Gasteiger partial charge < -0.3 is 4.74 Å². The van der Waals surface area contributed by atoms with Gasteiger partial charge in [0.05, 0.1) is 23.3 Å². The van der Waals surface area contributed by atoms with Crippen molar-refractivity contribution in [2.45, 2.75) is 19.8 Å². The van der Waals surface area contributed by atoms with Crippen molar-refractivity contribution in [1.82, 2.24) is 4.90 Å². The molecule has 1 aromatic carbocycles. The van der Waals surface area contributed by atoms with Crippen LogP contribution in [0, 0.1) is 11.8 Å². The van der Waals surface area contributed by atoms with Gasteiger partial charge in [0.25, 0.3) is 11.8 Å². The van der Waals surface area contributed by atoms with E-state index in [1.54, 1.807) is 0 Å². The van der Waals surface area contributed by atoms with Crippen molar-refractivity contribution in [3.63, 3.8) is 0 Å². The molecule has 3 rings (SSSR count). The first-order chi connectivity index (χ1) is 11.0. The number of rotatable bonds is 3. The third-order valence-corrected chi connectivity index (χ3v) is 4.67. The molecule has 0 bridgehead atoms. The first-order valence-corrected chi connectivity index (χ1v) is 7.77. The van der Waals surface area contributed by atoms with Crippen LogP contribution < -0.4 is 0 Å². The topological polar surface area (TPSA) is 63.7 Å². The van der Waals surface area contributed by atoms with E-state index < -0.39 is 5.97 Å². The van der Waals surface area contributed by atoms with Crippen molar-refractivity contribution in [3.05, 3.63) is 47.0 Å². The van der Waals surface area contributed by atoms with E-state index in [9.17, 15) is 14.4 Å². The van der Waals surface area contributed by atoms with Crippen LogP contribution in [-0.2, 0) is 4.74 Å². The second-order valence-corrected chi connectivity index (χ2v) is 6.21. The van der Waals surface area contributed by atoms with E-state index in [4.69, 9.17) is 4.74 Å². The Morgan fingerprint density at radius 1 is 1.17 bits per heavy atom. The lowest BCUT2D eigenvalue weighted by Gasteiger charge is -2.24. The maximum atomic E-state index is 12.2. The summed E-state index contributed by atoms with van der Waals surface area (Å²) in [4.78, 5) is 37.1. The number of fused-ring (bicyclic) bond motifs is 1. The molecular formula is C18H19NO4. The van der Waals surface area contributed by atoms with Gasteiger partial charge in [0, 0.05) is 7.05 Å². The predicted molar refractivity (Wildman–Crippen MR) is 84.2 cm³/mol. The van der Waals surface area contributed by atoms with Gasteiger partial charge in [0.2, 0.25) is 0 Å². The number of carbonyl (C=O) groups excluding carboxylic acids is 3. The Morgan fingerprint density at radius 2 is 1.87 bits per heavy atom. The van der Waals surface area contributed by atoms with Crippen LogP contribution in [0.3, 0.4) is 0 Å². The highest BCUT2D eigenvalue weighted by molar-refractivity contribution is 6.21. The number of ether oxygens (including phenoxy) is 1. The van der Waals surface area contributed by atoms with Crippen molar-refractivity contribution in [2.24, 2.45) is 11.8 Å². The minimum absolute atomic E-state index is 0.265. The summed E-state index contributed by atoms with van der Waals surface area (Å²) in [6.45, 7) is 2.52. The summed E-state index contributed by atoms with van der Waals surface area (Å²) < 4.78 is 5.40. The Hall–Kier alpha value is -2.43. The molecule has 0 N–H and O–H groups in total. The fourth-order valence-electron chi connectivity index (χ4n) is 2.99. The molecule has 2 amide bonds. The van der Waals surface area contributed by atoms with Gasteiger partial charge in [-0.1, -0.05) is 19.1 Å². The van der Waals surface area contributed by atoms with Crippen molar-refractivity contribution in [1.29, 1.82) is 0 Å². The van der Waals surface area contributed by atoms with E-state index >= 15 is 0 Å². The zero-order valence-electron chi connectivity index (χ0n) is 13.2. The average molecular weight is 313 g/mol. The predicted octanol–water partition coefficient (Wildman–Crippen LogP) is 2.67. The zero-order valence-corrected chi connectivity index (χ0v) is 13.2. The smallest absolute Gasteiger partial charge is 0.338 e. The van der Waals surface area contributed by atoms with Crippen LogP contribution in [0.5, 0.6) is 0 Å². The second-order valence-electron chi connectivity index (χ2n) is 6.21. The van der Waals surface area contributed by atoms with Gasteiger partial charge in [-0.25, -0.2) is 4.79 Å². The first-order valence-electron chi connectivity index (χ1n) is 7.77. The zero-order chi connectivity index (χ0) is 16.6. The maximum Gasteiger partial charge on any atom is 0.338 e. The molecule has 2 atom stereocenters. The number of amides is 2. The largest absolute Gasteiger partial charge is 0.462 e. The van der Waals surface area contributed by atoms with Gasteiger partial charge in [-0.05, 0) is 42.9 Å². The van der Waals surface area contributed by atoms with Gasteiger partial charge in [-0.3, -0.25) is 14.5 Å². The maximum absolute atomic E-state index is 12.2. The van der Waals surface area contributed by atoms with Crippen molar-refractivity contribution < 1.29 is 19.1 Å². The Bertz CT molecular complexity index is 707. The molecule has 0 radical (unpaired) electrons. The summed E-state index contributed by atoms with van der Waals surface area (Å²) in [7, 11) is 1.43. The molecule has 23 heavy (non-hydrogen) atoms. The van der Waals surface area contributed by atoms with Crippen LogP contribution in [-0.4, -0.2) is 36.3 Å². The lowest BCUT2D eigenvalue weighted by molar-refractivity contribution is 0.0395. The van der Waals surface area contributed by atoms with Gasteiger partial charge in [0.1, 0.15) is 0 Å². The summed E-state index contributed by atoms with van der Waals surface area (Å²) in [6.07, 6.45) is 6.19. The summed E-state index contributed by atoms with van der Waals surface area (Å²) in [5.41, 5.74) is 0.903. The van der Waals surface area contributed by atoms with E-state index in [1.165, 1.54) is 25.2 Å². The number of hydrogen-bond donors (Lipinski definition) is 0. The number of hydrogen-bond acceptors (Lipinski definition) is 4. The molecule has 1 heterocycles. The molecule has 120 valence electrons. The van der Waals surface area contributed by atoms with Crippen molar-refractivity contribution in [3.8, 4) is 0 Å². The monoisotopic (exact) mass is 313 g/mol. The van der Waals surface area contributed by atoms with E-state index in [0.717, 1.165) is 17.7 Å². The molecule has 0 fully saturated rings. The van der Waals surface area contributed by atoms with Gasteiger partial charge in [0.15, 0.2) is 0 Å². The minimum atomic E-state index is -0.454. The molecule has 1 aliphatic carbocycles. The summed E-state index contributed by atoms with van der Waals surface area (Å²) in [6, 6.07) is 4.50. The molecule has 0 saturated carbocycles. The molecule has 1 aromatic rings. The summed E-state index contributed by atoms with van der Waals surface area (Å²) >= 11 is 0. The molecule has 5 nitrogen and oxygen atoms in total. The molecule has 5 heteroatoms. The van der Waals surface area contributed by atoms with Crippen LogP contribution in [0.1, 0.15) is 50.8 Å². The Labute approximate surface area is 134 Å².